The van der Waals surface area contributed by atoms with Crippen LogP contribution in [0.1, 0.15) is 31.2 Å². The lowest BCUT2D eigenvalue weighted by atomic mass is 10.2. The van der Waals surface area contributed by atoms with Gasteiger partial charge in [-0.2, -0.15) is 0 Å². The molecule has 1 aromatic rings. The van der Waals surface area contributed by atoms with Gasteiger partial charge >= 0.3 is 0 Å². The highest BCUT2D eigenvalue weighted by molar-refractivity contribution is 5.04. The third-order valence-electron chi connectivity index (χ3n) is 2.22. The molecule has 0 unspecified atom stereocenters. The van der Waals surface area contributed by atoms with E-state index in [1.54, 1.807) is 12.5 Å². The van der Waals surface area contributed by atoms with Crippen molar-refractivity contribution in [2.75, 3.05) is 13.1 Å². The summed E-state index contributed by atoms with van der Waals surface area (Å²) in [4.78, 5) is 0. The molecule has 0 saturated heterocycles. The largest absolute Gasteiger partial charge is 0.472 e. The van der Waals surface area contributed by atoms with Crippen molar-refractivity contribution in [1.82, 2.24) is 5.32 Å². The van der Waals surface area contributed by atoms with Crippen LogP contribution in [0.2, 0.25) is 0 Å². The lowest BCUT2D eigenvalue weighted by molar-refractivity contribution is 0.556. The molecule has 0 aliphatic heterocycles. The normalized spacial score (nSPS) is 10.6. The second-order valence-corrected chi connectivity index (χ2v) is 3.51. The van der Waals surface area contributed by atoms with Gasteiger partial charge in [0.2, 0.25) is 0 Å². The number of unbranched alkanes of at least 4 members (excludes halogenated alkanes) is 3. The molecule has 0 amide bonds. The number of rotatable bonds is 8. The van der Waals surface area contributed by atoms with Gasteiger partial charge in [0.1, 0.15) is 0 Å². The molecular formula is C11H20N2O. The molecule has 1 rings (SSSR count). The second kappa shape index (κ2) is 7.59. The molecule has 0 saturated carbocycles. The van der Waals surface area contributed by atoms with Gasteiger partial charge in [0, 0.05) is 12.1 Å². The standard InChI is InChI=1S/C11H20N2O/c12-6-3-1-2-4-7-13-9-11-5-8-14-10-11/h5,8,10,13H,1-4,6-7,9,12H2. The van der Waals surface area contributed by atoms with Crippen molar-refractivity contribution in [2.24, 2.45) is 5.73 Å². The van der Waals surface area contributed by atoms with Gasteiger partial charge in [-0.25, -0.2) is 0 Å². The fourth-order valence-electron chi connectivity index (χ4n) is 1.37. The van der Waals surface area contributed by atoms with Crippen molar-refractivity contribution in [3.8, 4) is 0 Å². The summed E-state index contributed by atoms with van der Waals surface area (Å²) in [6, 6.07) is 1.99. The summed E-state index contributed by atoms with van der Waals surface area (Å²) < 4.78 is 4.97. The summed E-state index contributed by atoms with van der Waals surface area (Å²) in [6.45, 7) is 2.81. The van der Waals surface area contributed by atoms with E-state index in [0.29, 0.717) is 0 Å². The van der Waals surface area contributed by atoms with Crippen LogP contribution in [0.5, 0.6) is 0 Å². The number of nitrogens with one attached hydrogen (secondary N) is 1. The van der Waals surface area contributed by atoms with Crippen molar-refractivity contribution in [3.05, 3.63) is 24.2 Å². The van der Waals surface area contributed by atoms with Crippen LogP contribution >= 0.6 is 0 Å². The molecule has 3 N–H and O–H groups in total. The number of furan rings is 1. The molecule has 3 heteroatoms. The topological polar surface area (TPSA) is 51.2 Å². The average molecular weight is 196 g/mol. The Morgan fingerprint density at radius 1 is 1.21 bits per heavy atom. The van der Waals surface area contributed by atoms with E-state index in [1.807, 2.05) is 6.07 Å². The highest BCUT2D eigenvalue weighted by Gasteiger charge is 1.93. The summed E-state index contributed by atoms with van der Waals surface area (Å²) in [6.07, 6.45) is 8.40. The van der Waals surface area contributed by atoms with Crippen LogP contribution in [0.4, 0.5) is 0 Å². The van der Waals surface area contributed by atoms with E-state index in [2.05, 4.69) is 5.32 Å². The van der Waals surface area contributed by atoms with E-state index < -0.39 is 0 Å². The lowest BCUT2D eigenvalue weighted by Crippen LogP contribution is -2.14. The van der Waals surface area contributed by atoms with Gasteiger partial charge in [-0.05, 0) is 32.0 Å². The third kappa shape index (κ3) is 5.04. The van der Waals surface area contributed by atoms with Crippen LogP contribution in [0, 0.1) is 0 Å². The maximum atomic E-state index is 5.41. The number of hydrogen-bond acceptors (Lipinski definition) is 3. The molecule has 80 valence electrons. The van der Waals surface area contributed by atoms with Crippen LogP contribution in [-0.2, 0) is 6.54 Å². The maximum Gasteiger partial charge on any atom is 0.0947 e. The third-order valence-corrected chi connectivity index (χ3v) is 2.22. The molecule has 1 heterocycles. The molecule has 3 nitrogen and oxygen atoms in total. The molecule has 0 aliphatic rings. The summed E-state index contributed by atoms with van der Waals surface area (Å²) in [5.74, 6) is 0. The zero-order chi connectivity index (χ0) is 10.1. The Hall–Kier alpha value is -0.800. The predicted molar refractivity (Wildman–Crippen MR) is 57.9 cm³/mol. The van der Waals surface area contributed by atoms with Gasteiger partial charge in [-0.15, -0.1) is 0 Å². The first-order valence-corrected chi connectivity index (χ1v) is 5.35. The Kier molecular flexibility index (Phi) is 6.11. The average Bonchev–Trinajstić information content (AvgIpc) is 2.69. The molecule has 14 heavy (non-hydrogen) atoms. The Bertz CT molecular complexity index is 209. The van der Waals surface area contributed by atoms with E-state index >= 15 is 0 Å². The van der Waals surface area contributed by atoms with Gasteiger partial charge in [0.15, 0.2) is 0 Å². The van der Waals surface area contributed by atoms with Crippen LogP contribution < -0.4 is 11.1 Å². The fourth-order valence-corrected chi connectivity index (χ4v) is 1.37. The van der Waals surface area contributed by atoms with Crippen molar-refractivity contribution >= 4 is 0 Å². The van der Waals surface area contributed by atoms with Crippen molar-refractivity contribution in [3.63, 3.8) is 0 Å². The van der Waals surface area contributed by atoms with Gasteiger partial charge in [-0.3, -0.25) is 0 Å². The van der Waals surface area contributed by atoms with Gasteiger partial charge < -0.3 is 15.5 Å². The van der Waals surface area contributed by atoms with E-state index in [0.717, 1.165) is 26.1 Å². The van der Waals surface area contributed by atoms with Crippen molar-refractivity contribution in [1.29, 1.82) is 0 Å². The molecule has 0 bridgehead atoms. The van der Waals surface area contributed by atoms with Crippen molar-refractivity contribution in [2.45, 2.75) is 32.2 Å². The van der Waals surface area contributed by atoms with Gasteiger partial charge in [0.05, 0.1) is 12.5 Å². The van der Waals surface area contributed by atoms with Crippen LogP contribution in [-0.4, -0.2) is 13.1 Å². The molecule has 0 fully saturated rings. The van der Waals surface area contributed by atoms with Gasteiger partial charge in [0.25, 0.3) is 0 Å². The summed E-state index contributed by atoms with van der Waals surface area (Å²) in [5.41, 5.74) is 6.62. The first-order chi connectivity index (χ1) is 6.93. The van der Waals surface area contributed by atoms with Crippen LogP contribution in [0.3, 0.4) is 0 Å². The zero-order valence-corrected chi connectivity index (χ0v) is 8.67. The molecular weight excluding hydrogens is 176 g/mol. The lowest BCUT2D eigenvalue weighted by Gasteiger charge is -2.02. The van der Waals surface area contributed by atoms with Gasteiger partial charge in [-0.1, -0.05) is 12.8 Å². The molecule has 0 radical (unpaired) electrons. The highest BCUT2D eigenvalue weighted by atomic mass is 16.3. The predicted octanol–water partition coefficient (Wildman–Crippen LogP) is 1.89. The molecule has 0 aliphatic carbocycles. The zero-order valence-electron chi connectivity index (χ0n) is 8.67. The SMILES string of the molecule is NCCCCCCNCc1ccoc1. The van der Waals surface area contributed by atoms with Crippen molar-refractivity contribution < 1.29 is 4.42 Å². The highest BCUT2D eigenvalue weighted by Crippen LogP contribution is 2.00. The van der Waals surface area contributed by atoms with E-state index in [9.17, 15) is 0 Å². The minimum absolute atomic E-state index is 0.822. The Labute approximate surface area is 85.7 Å². The number of nitrogens with two attached hydrogens (primary N) is 1. The molecule has 0 aromatic carbocycles. The van der Waals surface area contributed by atoms with E-state index in [4.69, 9.17) is 10.2 Å². The van der Waals surface area contributed by atoms with Crippen LogP contribution in [0.15, 0.2) is 23.0 Å². The summed E-state index contributed by atoms with van der Waals surface area (Å²) in [7, 11) is 0. The van der Waals surface area contributed by atoms with Crippen LogP contribution in [0.25, 0.3) is 0 Å². The maximum absolute atomic E-state index is 5.41. The smallest absolute Gasteiger partial charge is 0.0947 e. The molecule has 0 atom stereocenters. The Balaban J connectivity index is 1.85. The minimum Gasteiger partial charge on any atom is -0.472 e. The van der Waals surface area contributed by atoms with E-state index in [1.165, 1.54) is 24.8 Å². The van der Waals surface area contributed by atoms with E-state index in [-0.39, 0.29) is 0 Å². The number of hydrogen-bond donors (Lipinski definition) is 2. The Morgan fingerprint density at radius 3 is 2.79 bits per heavy atom. The Morgan fingerprint density at radius 2 is 2.07 bits per heavy atom. The quantitative estimate of drug-likeness (QED) is 0.624. The molecule has 0 spiro atoms. The molecule has 1 aromatic heterocycles. The first kappa shape index (κ1) is 11.3. The second-order valence-electron chi connectivity index (χ2n) is 3.51. The minimum atomic E-state index is 0.822. The monoisotopic (exact) mass is 196 g/mol. The first-order valence-electron chi connectivity index (χ1n) is 5.35. The summed E-state index contributed by atoms with van der Waals surface area (Å²) in [5, 5.41) is 3.37. The fraction of sp³-hybridized carbons (Fsp3) is 0.636. The summed E-state index contributed by atoms with van der Waals surface area (Å²) >= 11 is 0.